The van der Waals surface area contributed by atoms with Crippen LogP contribution in [-0.4, -0.2) is 31.1 Å². The fourth-order valence-electron chi connectivity index (χ4n) is 1.87. The molecule has 118 valence electrons. The lowest BCUT2D eigenvalue weighted by molar-refractivity contribution is 0.481. The lowest BCUT2D eigenvalue weighted by Crippen LogP contribution is -2.19. The molecule has 0 saturated carbocycles. The molecule has 0 radical (unpaired) electrons. The van der Waals surface area contributed by atoms with Crippen LogP contribution in [0.25, 0.3) is 10.8 Å². The minimum Gasteiger partial charge on any atom is -0.376 e. The molecule has 0 aromatic heterocycles. The Hall–Kier alpha value is -1.79. The zero-order chi connectivity index (χ0) is 16.7. The van der Waals surface area contributed by atoms with Crippen LogP contribution in [0.1, 0.15) is 0 Å². The monoisotopic (exact) mass is 362 g/mol. The Bertz CT molecular complexity index is 977. The van der Waals surface area contributed by atoms with Crippen LogP contribution in [0.4, 0.5) is 5.69 Å². The van der Waals surface area contributed by atoms with E-state index in [2.05, 4.69) is 17.5 Å². The molecular formula is C11H10N2O6S3. The summed E-state index contributed by atoms with van der Waals surface area (Å²) in [4.78, 5) is -0.903. The molecule has 5 N–H and O–H groups in total. The molecule has 11 heteroatoms. The highest BCUT2D eigenvalue weighted by Crippen LogP contribution is 2.29. The minimum absolute atomic E-state index is 0.143. The Morgan fingerprint density at radius 3 is 2.05 bits per heavy atom. The van der Waals surface area contributed by atoms with Crippen LogP contribution in [0.15, 0.2) is 40.1 Å². The molecule has 0 bridgehead atoms. The normalized spacial score (nSPS) is 12.3. The summed E-state index contributed by atoms with van der Waals surface area (Å²) >= 11 is 4.68. The highest BCUT2D eigenvalue weighted by molar-refractivity contribution is 7.86. The second-order valence-corrected chi connectivity index (χ2v) is 7.58. The number of nitrogens with two attached hydrogens (primary N) is 1. The number of anilines is 1. The van der Waals surface area contributed by atoms with Crippen LogP contribution in [0, 0.1) is 0 Å². The standard InChI is InChI=1S/C11H10N2O6S3/c12-11(20)13-10-5-8(22(17,18)19)4-6-3-7(21(14,15)16)1-2-9(6)10/h1-5H,(H3,12,13,20)(H,14,15,16)(H,17,18,19). The van der Waals surface area contributed by atoms with Crippen LogP contribution in [0.3, 0.4) is 0 Å². The first-order valence-electron chi connectivity index (χ1n) is 5.58. The van der Waals surface area contributed by atoms with Gasteiger partial charge in [0.15, 0.2) is 5.11 Å². The second-order valence-electron chi connectivity index (χ2n) is 4.29. The first kappa shape index (κ1) is 16.6. The average Bonchev–Trinajstić information content (AvgIpc) is 2.35. The topological polar surface area (TPSA) is 147 Å². The molecule has 0 aliphatic rings. The summed E-state index contributed by atoms with van der Waals surface area (Å²) in [6, 6.07) is 5.69. The van der Waals surface area contributed by atoms with Crippen molar-refractivity contribution < 1.29 is 25.9 Å². The van der Waals surface area contributed by atoms with Gasteiger partial charge in [0.2, 0.25) is 0 Å². The van der Waals surface area contributed by atoms with Gasteiger partial charge < -0.3 is 11.1 Å². The third kappa shape index (κ3) is 3.51. The number of thiocarbonyl (C=S) groups is 1. The van der Waals surface area contributed by atoms with Crippen molar-refractivity contribution in [1.82, 2.24) is 0 Å². The molecule has 0 aliphatic heterocycles. The summed E-state index contributed by atoms with van der Waals surface area (Å²) in [5.41, 5.74) is 5.51. The van der Waals surface area contributed by atoms with Crippen LogP contribution >= 0.6 is 12.2 Å². The summed E-state index contributed by atoms with van der Waals surface area (Å²) in [6.45, 7) is 0. The number of hydrogen-bond donors (Lipinski definition) is 4. The molecule has 0 heterocycles. The van der Waals surface area contributed by atoms with Gasteiger partial charge in [0.25, 0.3) is 20.2 Å². The van der Waals surface area contributed by atoms with E-state index >= 15 is 0 Å². The van der Waals surface area contributed by atoms with Crippen LogP contribution in [0.5, 0.6) is 0 Å². The minimum atomic E-state index is -4.54. The predicted molar refractivity (Wildman–Crippen MR) is 84.0 cm³/mol. The van der Waals surface area contributed by atoms with Crippen molar-refractivity contribution in [2.45, 2.75) is 9.79 Å². The maximum Gasteiger partial charge on any atom is 0.294 e. The van der Waals surface area contributed by atoms with E-state index in [0.29, 0.717) is 5.39 Å². The molecule has 2 aromatic carbocycles. The van der Waals surface area contributed by atoms with Crippen molar-refractivity contribution in [3.05, 3.63) is 30.3 Å². The van der Waals surface area contributed by atoms with Crippen molar-refractivity contribution in [2.75, 3.05) is 5.32 Å². The summed E-state index contributed by atoms with van der Waals surface area (Å²) in [5.74, 6) is 0. The van der Waals surface area contributed by atoms with E-state index in [4.69, 9.17) is 14.8 Å². The summed E-state index contributed by atoms with van der Waals surface area (Å²) in [5, 5.41) is 2.93. The van der Waals surface area contributed by atoms with Crippen molar-refractivity contribution in [2.24, 2.45) is 5.73 Å². The molecular weight excluding hydrogens is 352 g/mol. The maximum absolute atomic E-state index is 11.3. The average molecular weight is 362 g/mol. The van der Waals surface area contributed by atoms with Gasteiger partial charge in [-0.3, -0.25) is 9.11 Å². The number of benzene rings is 2. The molecule has 0 amide bonds. The van der Waals surface area contributed by atoms with Gasteiger partial charge in [-0.05, 0) is 41.9 Å². The lowest BCUT2D eigenvalue weighted by atomic mass is 10.1. The Morgan fingerprint density at radius 1 is 1.00 bits per heavy atom. The predicted octanol–water partition coefficient (Wildman–Crippen LogP) is 0.989. The Balaban J connectivity index is 2.85. The zero-order valence-electron chi connectivity index (χ0n) is 10.7. The van der Waals surface area contributed by atoms with Crippen molar-refractivity contribution in [3.63, 3.8) is 0 Å². The third-order valence-corrected chi connectivity index (χ3v) is 4.53. The Labute approximate surface area is 131 Å². The van der Waals surface area contributed by atoms with Gasteiger partial charge in [0, 0.05) is 11.1 Å². The molecule has 2 aromatic rings. The van der Waals surface area contributed by atoms with E-state index < -0.39 is 30.0 Å². The lowest BCUT2D eigenvalue weighted by Gasteiger charge is -2.11. The number of hydrogen-bond acceptors (Lipinski definition) is 5. The largest absolute Gasteiger partial charge is 0.376 e. The van der Waals surface area contributed by atoms with Gasteiger partial charge in [-0.1, -0.05) is 6.07 Å². The van der Waals surface area contributed by atoms with E-state index in [1.165, 1.54) is 6.07 Å². The number of rotatable bonds is 3. The molecule has 0 aliphatic carbocycles. The summed E-state index contributed by atoms with van der Waals surface area (Å²) in [6.07, 6.45) is 0. The SMILES string of the molecule is NC(=S)Nc1cc(S(=O)(=O)O)cc2cc(S(=O)(=O)O)ccc12. The van der Waals surface area contributed by atoms with Crippen molar-refractivity contribution in [1.29, 1.82) is 0 Å². The fraction of sp³-hybridized carbons (Fsp3) is 0. The summed E-state index contributed by atoms with van der Waals surface area (Å²) in [7, 11) is -9.00. The van der Waals surface area contributed by atoms with E-state index in [9.17, 15) is 16.8 Å². The maximum atomic E-state index is 11.3. The fourth-order valence-corrected chi connectivity index (χ4v) is 3.03. The first-order chi connectivity index (χ1) is 9.98. The van der Waals surface area contributed by atoms with Gasteiger partial charge in [-0.15, -0.1) is 0 Å². The first-order valence-corrected chi connectivity index (χ1v) is 8.86. The van der Waals surface area contributed by atoms with Crippen LogP contribution in [0.2, 0.25) is 0 Å². The smallest absolute Gasteiger partial charge is 0.294 e. The quantitative estimate of drug-likeness (QED) is 0.463. The van der Waals surface area contributed by atoms with Crippen molar-refractivity contribution in [3.8, 4) is 0 Å². The summed E-state index contributed by atoms with van der Waals surface area (Å²) < 4.78 is 63.1. The Kier molecular flexibility index (Phi) is 4.10. The molecule has 2 rings (SSSR count). The number of nitrogens with one attached hydrogen (secondary N) is 1. The van der Waals surface area contributed by atoms with Crippen LogP contribution < -0.4 is 11.1 Å². The van der Waals surface area contributed by atoms with E-state index in [0.717, 1.165) is 24.3 Å². The highest BCUT2D eigenvalue weighted by atomic mass is 32.2. The van der Waals surface area contributed by atoms with E-state index in [-0.39, 0.29) is 16.2 Å². The molecule has 0 unspecified atom stereocenters. The van der Waals surface area contributed by atoms with Gasteiger partial charge in [-0.2, -0.15) is 16.8 Å². The molecule has 0 saturated heterocycles. The number of fused-ring (bicyclic) bond motifs is 1. The van der Waals surface area contributed by atoms with Gasteiger partial charge in [0.1, 0.15) is 0 Å². The van der Waals surface area contributed by atoms with Gasteiger partial charge >= 0.3 is 0 Å². The van der Waals surface area contributed by atoms with E-state index in [1.807, 2.05) is 0 Å². The molecule has 22 heavy (non-hydrogen) atoms. The zero-order valence-corrected chi connectivity index (χ0v) is 13.2. The van der Waals surface area contributed by atoms with E-state index in [1.54, 1.807) is 0 Å². The van der Waals surface area contributed by atoms with Gasteiger partial charge in [0.05, 0.1) is 9.79 Å². The molecule has 8 nitrogen and oxygen atoms in total. The highest BCUT2D eigenvalue weighted by Gasteiger charge is 2.16. The molecule has 0 fully saturated rings. The van der Waals surface area contributed by atoms with Crippen LogP contribution in [-0.2, 0) is 20.2 Å². The third-order valence-electron chi connectivity index (χ3n) is 2.75. The molecule has 0 spiro atoms. The van der Waals surface area contributed by atoms with Gasteiger partial charge in [-0.25, -0.2) is 0 Å². The second kappa shape index (κ2) is 5.44. The Morgan fingerprint density at radius 2 is 1.55 bits per heavy atom. The molecule has 0 atom stereocenters. The van der Waals surface area contributed by atoms with Crippen molar-refractivity contribution >= 4 is 54.0 Å².